The first-order valence-electron chi connectivity index (χ1n) is 7.76. The third kappa shape index (κ3) is 4.08. The van der Waals surface area contributed by atoms with Crippen LogP contribution in [0.1, 0.15) is 27.0 Å². The lowest BCUT2D eigenvalue weighted by Gasteiger charge is -2.26. The maximum atomic E-state index is 12.6. The van der Waals surface area contributed by atoms with Gasteiger partial charge in [0.2, 0.25) is 0 Å². The average Bonchev–Trinajstić information content (AvgIpc) is 2.62. The van der Waals surface area contributed by atoms with Crippen LogP contribution in [0.15, 0.2) is 48.5 Å². The van der Waals surface area contributed by atoms with E-state index in [1.807, 2.05) is 48.2 Å². The highest BCUT2D eigenvalue weighted by atomic mass is 32.2. The second-order valence-electron chi connectivity index (χ2n) is 5.62. The summed E-state index contributed by atoms with van der Waals surface area (Å²) in [5.41, 5.74) is 3.45. The Morgan fingerprint density at radius 3 is 2.48 bits per heavy atom. The maximum absolute atomic E-state index is 12.6. The summed E-state index contributed by atoms with van der Waals surface area (Å²) in [5, 5.41) is 1.57. The van der Waals surface area contributed by atoms with Crippen LogP contribution in [-0.4, -0.2) is 40.6 Å². The molecule has 1 aliphatic heterocycles. The normalized spacial score (nSPS) is 15.3. The quantitative estimate of drug-likeness (QED) is 0.608. The fourth-order valence-electron chi connectivity index (χ4n) is 2.74. The first kappa shape index (κ1) is 16.4. The zero-order chi connectivity index (χ0) is 16.1. The molecule has 0 aliphatic carbocycles. The molecule has 2 aromatic rings. The topological polar surface area (TPSA) is 20.3 Å². The van der Waals surface area contributed by atoms with Crippen molar-refractivity contribution in [2.24, 2.45) is 0 Å². The number of thioether (sulfide) groups is 1. The molecule has 0 N–H and O–H groups in total. The van der Waals surface area contributed by atoms with Crippen molar-refractivity contribution in [2.45, 2.75) is 6.54 Å². The Bertz CT molecular complexity index is 691. The first-order valence-corrected chi connectivity index (χ1v) is 9.38. The van der Waals surface area contributed by atoms with E-state index in [2.05, 4.69) is 17.0 Å². The van der Waals surface area contributed by atoms with E-state index < -0.39 is 0 Å². The van der Waals surface area contributed by atoms with Crippen LogP contribution in [0.2, 0.25) is 0 Å². The van der Waals surface area contributed by atoms with Gasteiger partial charge in [-0.2, -0.15) is 11.8 Å². The third-order valence-corrected chi connectivity index (χ3v) is 5.25. The molecule has 118 valence electrons. The molecule has 3 rings (SSSR count). The highest BCUT2D eigenvalue weighted by Gasteiger charge is 2.13. The molecule has 0 atom stereocenters. The number of hydrogen-bond donors (Lipinski definition) is 0. The minimum atomic E-state index is 0.0302. The van der Waals surface area contributed by atoms with Crippen molar-refractivity contribution in [1.82, 2.24) is 4.90 Å². The second-order valence-corrected chi connectivity index (χ2v) is 7.08. The Kier molecular flexibility index (Phi) is 5.60. The predicted molar refractivity (Wildman–Crippen MR) is 102 cm³/mol. The fourth-order valence-corrected chi connectivity index (χ4v) is 3.93. The van der Waals surface area contributed by atoms with Crippen LogP contribution in [0.4, 0.5) is 0 Å². The van der Waals surface area contributed by atoms with Gasteiger partial charge in [-0.1, -0.05) is 60.7 Å². The molecule has 0 saturated carbocycles. The summed E-state index contributed by atoms with van der Waals surface area (Å²) in [6.07, 6.45) is 0. The van der Waals surface area contributed by atoms with Gasteiger partial charge in [0.25, 0.3) is 0 Å². The van der Waals surface area contributed by atoms with Crippen molar-refractivity contribution < 1.29 is 4.79 Å². The molecule has 23 heavy (non-hydrogen) atoms. The van der Waals surface area contributed by atoms with Crippen molar-refractivity contribution >= 4 is 35.1 Å². The smallest absolute Gasteiger partial charge is 0.193 e. The summed E-state index contributed by atoms with van der Waals surface area (Å²) in [4.78, 5) is 15.1. The van der Waals surface area contributed by atoms with E-state index in [1.54, 1.807) is 5.37 Å². The van der Waals surface area contributed by atoms with Crippen LogP contribution in [0, 0.1) is 0 Å². The van der Waals surface area contributed by atoms with E-state index in [-0.39, 0.29) is 5.78 Å². The van der Waals surface area contributed by atoms with E-state index in [1.165, 1.54) is 17.1 Å². The number of benzene rings is 2. The zero-order valence-electron chi connectivity index (χ0n) is 12.9. The van der Waals surface area contributed by atoms with Gasteiger partial charge >= 0.3 is 0 Å². The molecular formula is C19H19NOS2. The molecule has 0 bridgehead atoms. The molecule has 4 heteroatoms. The molecule has 2 nitrogen and oxygen atoms in total. The summed E-state index contributed by atoms with van der Waals surface area (Å²) in [5.74, 6) is 2.46. The monoisotopic (exact) mass is 341 g/mol. The Balaban J connectivity index is 1.73. The predicted octanol–water partition coefficient (Wildman–Crippen LogP) is 3.81. The van der Waals surface area contributed by atoms with Crippen molar-refractivity contribution in [1.29, 1.82) is 0 Å². The highest BCUT2D eigenvalue weighted by molar-refractivity contribution is 7.99. The van der Waals surface area contributed by atoms with Gasteiger partial charge in [-0.15, -0.1) is 0 Å². The zero-order valence-corrected chi connectivity index (χ0v) is 14.5. The molecule has 0 aromatic heterocycles. The van der Waals surface area contributed by atoms with Gasteiger partial charge in [-0.25, -0.2) is 0 Å². The lowest BCUT2D eigenvalue weighted by atomic mass is 9.98. The van der Waals surface area contributed by atoms with Crippen molar-refractivity contribution in [3.63, 3.8) is 0 Å². The van der Waals surface area contributed by atoms with Gasteiger partial charge in [-0.05, 0) is 11.1 Å². The van der Waals surface area contributed by atoms with Crippen LogP contribution in [0.5, 0.6) is 0 Å². The molecule has 1 heterocycles. The molecular weight excluding hydrogens is 322 g/mol. The maximum Gasteiger partial charge on any atom is 0.193 e. The standard InChI is InChI=1S/C19H19NOS2/c21-19(18-4-2-1-3-17(18)14-22)16-7-5-15(6-8-16)13-20-9-11-23-12-10-20/h1-8,14H,9-13H2. The van der Waals surface area contributed by atoms with E-state index in [0.29, 0.717) is 11.1 Å². The third-order valence-electron chi connectivity index (χ3n) is 4.06. The van der Waals surface area contributed by atoms with Gasteiger partial charge in [0, 0.05) is 47.6 Å². The molecule has 2 aromatic carbocycles. The van der Waals surface area contributed by atoms with Crippen LogP contribution >= 0.6 is 24.0 Å². The lowest BCUT2D eigenvalue weighted by molar-refractivity contribution is 0.103. The van der Waals surface area contributed by atoms with Crippen LogP contribution in [0.25, 0.3) is 0 Å². The lowest BCUT2D eigenvalue weighted by Crippen LogP contribution is -2.31. The Morgan fingerprint density at radius 1 is 1.09 bits per heavy atom. The number of nitrogens with zero attached hydrogens (tertiary/aromatic N) is 1. The van der Waals surface area contributed by atoms with E-state index in [9.17, 15) is 4.79 Å². The number of carbonyl (C=O) groups excluding carboxylic acids is 1. The minimum absolute atomic E-state index is 0.0302. The van der Waals surface area contributed by atoms with Gasteiger partial charge in [0.1, 0.15) is 0 Å². The first-order chi connectivity index (χ1) is 11.3. The van der Waals surface area contributed by atoms with Gasteiger partial charge < -0.3 is 0 Å². The molecule has 1 aliphatic rings. The van der Waals surface area contributed by atoms with Crippen molar-refractivity contribution in [2.75, 3.05) is 24.6 Å². The largest absolute Gasteiger partial charge is 0.297 e. The average molecular weight is 342 g/mol. The number of rotatable bonds is 5. The van der Waals surface area contributed by atoms with Gasteiger partial charge in [-0.3, -0.25) is 9.69 Å². The Labute approximate surface area is 146 Å². The molecule has 0 spiro atoms. The minimum Gasteiger partial charge on any atom is -0.297 e. The Morgan fingerprint density at radius 2 is 1.78 bits per heavy atom. The van der Waals surface area contributed by atoms with Crippen molar-refractivity contribution in [3.8, 4) is 0 Å². The van der Waals surface area contributed by atoms with Gasteiger partial charge in [0.15, 0.2) is 5.78 Å². The van der Waals surface area contributed by atoms with Crippen LogP contribution in [0.3, 0.4) is 0 Å². The fraction of sp³-hybridized carbons (Fsp3) is 0.263. The SMILES string of the molecule is O=C(c1ccc(CN2CCSCC2)cc1)c1ccccc1C=S. The summed E-state index contributed by atoms with van der Waals surface area (Å²) < 4.78 is 0. The molecule has 0 amide bonds. The number of thiocarbonyl (C=S) groups is 1. The molecule has 1 fully saturated rings. The molecule has 1 saturated heterocycles. The van der Waals surface area contributed by atoms with E-state index in [0.717, 1.165) is 25.2 Å². The summed E-state index contributed by atoms with van der Waals surface area (Å²) in [6.45, 7) is 3.26. The highest BCUT2D eigenvalue weighted by Crippen LogP contribution is 2.17. The molecule has 0 radical (unpaired) electrons. The summed E-state index contributed by atoms with van der Waals surface area (Å²) >= 11 is 7.02. The van der Waals surface area contributed by atoms with Crippen LogP contribution < -0.4 is 0 Å². The van der Waals surface area contributed by atoms with Crippen LogP contribution in [-0.2, 0) is 6.54 Å². The summed E-state index contributed by atoms with van der Waals surface area (Å²) in [6, 6.07) is 15.5. The van der Waals surface area contributed by atoms with E-state index in [4.69, 9.17) is 12.2 Å². The number of hydrogen-bond acceptors (Lipinski definition) is 4. The van der Waals surface area contributed by atoms with Crippen molar-refractivity contribution in [3.05, 3.63) is 70.8 Å². The second kappa shape index (κ2) is 7.86. The Hall–Kier alpha value is -1.49. The van der Waals surface area contributed by atoms with E-state index >= 15 is 0 Å². The number of ketones is 1. The number of carbonyl (C=O) groups is 1. The summed E-state index contributed by atoms with van der Waals surface area (Å²) in [7, 11) is 0. The van der Waals surface area contributed by atoms with Gasteiger partial charge in [0.05, 0.1) is 0 Å². The molecule has 0 unspecified atom stereocenters.